The Kier molecular flexibility index (Phi) is 15.0. The van der Waals surface area contributed by atoms with Crippen molar-refractivity contribution in [2.24, 2.45) is 18.9 Å². The Morgan fingerprint density at radius 2 is 1.53 bits per heavy atom. The Hall–Kier alpha value is -4.62. The van der Waals surface area contributed by atoms with E-state index < -0.39 is 0 Å². The summed E-state index contributed by atoms with van der Waals surface area (Å²) in [4.78, 5) is 37.2. The van der Waals surface area contributed by atoms with Gasteiger partial charge in [-0.2, -0.15) is 5.10 Å². The van der Waals surface area contributed by atoms with E-state index in [1.54, 1.807) is 30.7 Å². The van der Waals surface area contributed by atoms with Gasteiger partial charge in [0.15, 0.2) is 6.29 Å². The van der Waals surface area contributed by atoms with Crippen molar-refractivity contribution in [2.45, 2.75) is 86.5 Å². The molecule has 1 aliphatic heterocycles. The fraction of sp³-hybridized carbons (Fsp3) is 0.415. The fourth-order valence-electron chi connectivity index (χ4n) is 5.86. The molecule has 12 nitrogen and oxygen atoms in total. The van der Waals surface area contributed by atoms with Gasteiger partial charge in [-0.1, -0.05) is 63.0 Å². The monoisotopic (exact) mass is 789 g/mol. The summed E-state index contributed by atoms with van der Waals surface area (Å²) in [5, 5.41) is 12.2. The molecule has 14 heteroatoms. The quantitative estimate of drug-likeness (QED) is 0.122. The Morgan fingerprint density at radius 1 is 0.891 bits per heavy atom. The molecule has 1 saturated heterocycles. The van der Waals surface area contributed by atoms with Crippen LogP contribution in [0.4, 0.5) is 0 Å². The molecule has 1 atom stereocenters. The first-order chi connectivity index (χ1) is 26.4. The highest BCUT2D eigenvalue weighted by molar-refractivity contribution is 6.31. The van der Waals surface area contributed by atoms with Gasteiger partial charge in [-0.15, -0.1) is 0 Å². The average Bonchev–Trinajstić information content (AvgIpc) is 3.60. The van der Waals surface area contributed by atoms with Gasteiger partial charge in [0, 0.05) is 76.9 Å². The summed E-state index contributed by atoms with van der Waals surface area (Å²) in [6.07, 6.45) is 7.97. The number of ether oxygens (including phenoxy) is 3. The third-order valence-electron chi connectivity index (χ3n) is 9.04. The number of hydrogen-bond acceptors (Lipinski definition) is 9. The Bertz CT molecular complexity index is 2080. The lowest BCUT2D eigenvalue weighted by molar-refractivity contribution is -0.169. The van der Waals surface area contributed by atoms with E-state index in [-0.39, 0.29) is 43.1 Å². The van der Waals surface area contributed by atoms with Crippen molar-refractivity contribution in [1.29, 1.82) is 0 Å². The van der Waals surface area contributed by atoms with Crippen molar-refractivity contribution in [1.82, 2.24) is 35.4 Å². The highest BCUT2D eigenvalue weighted by atomic mass is 35.5. The Labute approximate surface area is 332 Å². The number of carbonyl (C=O) groups excluding carboxylic acids is 2. The highest BCUT2D eigenvalue weighted by Crippen LogP contribution is 2.34. The van der Waals surface area contributed by atoms with Gasteiger partial charge in [0.05, 0.1) is 41.8 Å². The number of hydrogen-bond donors (Lipinski definition) is 2. The lowest BCUT2D eigenvalue weighted by Crippen LogP contribution is -2.28. The minimum atomic E-state index is -0.178. The number of rotatable bonds is 13. The van der Waals surface area contributed by atoms with Gasteiger partial charge in [-0.05, 0) is 56.5 Å². The van der Waals surface area contributed by atoms with Crippen molar-refractivity contribution in [3.63, 3.8) is 0 Å². The lowest BCUT2D eigenvalue weighted by atomic mass is 10.0. The minimum Gasteiger partial charge on any atom is -0.486 e. The normalized spacial score (nSPS) is 14.1. The van der Waals surface area contributed by atoms with Crippen LogP contribution < -0.4 is 15.4 Å². The molecular weight excluding hydrogens is 741 g/mol. The second kappa shape index (κ2) is 19.8. The predicted molar refractivity (Wildman–Crippen MR) is 213 cm³/mol. The molecule has 6 rings (SSSR count). The molecule has 2 amide bonds. The van der Waals surface area contributed by atoms with Gasteiger partial charge in [0.2, 0.25) is 11.8 Å². The van der Waals surface area contributed by atoms with E-state index in [9.17, 15) is 9.59 Å². The van der Waals surface area contributed by atoms with Crippen LogP contribution in [0.25, 0.3) is 22.2 Å². The molecule has 5 heterocycles. The summed E-state index contributed by atoms with van der Waals surface area (Å²) in [5.74, 6) is 0.429. The molecule has 292 valence electrons. The molecule has 1 unspecified atom stereocenters. The van der Waals surface area contributed by atoms with Crippen LogP contribution in [0.2, 0.25) is 10.0 Å². The van der Waals surface area contributed by atoms with Gasteiger partial charge in [0.25, 0.3) is 0 Å². The van der Waals surface area contributed by atoms with E-state index in [1.165, 1.54) is 0 Å². The summed E-state index contributed by atoms with van der Waals surface area (Å²) >= 11 is 12.7. The van der Waals surface area contributed by atoms with Crippen molar-refractivity contribution in [2.75, 3.05) is 6.61 Å². The summed E-state index contributed by atoms with van der Waals surface area (Å²) < 4.78 is 19.4. The molecule has 0 saturated carbocycles. The number of halogens is 2. The first-order valence-corrected chi connectivity index (χ1v) is 19.2. The van der Waals surface area contributed by atoms with Gasteiger partial charge in [0.1, 0.15) is 17.9 Å². The Balaban J connectivity index is 0.000000229. The van der Waals surface area contributed by atoms with Gasteiger partial charge < -0.3 is 24.8 Å². The average molecular weight is 791 g/mol. The van der Waals surface area contributed by atoms with Crippen LogP contribution in [-0.2, 0) is 52.4 Å². The molecule has 2 N–H and O–H groups in total. The highest BCUT2D eigenvalue weighted by Gasteiger charge is 2.19. The van der Waals surface area contributed by atoms with Crippen molar-refractivity contribution < 1.29 is 23.8 Å². The molecule has 1 aromatic carbocycles. The maximum atomic E-state index is 12.0. The van der Waals surface area contributed by atoms with E-state index in [0.29, 0.717) is 34.6 Å². The van der Waals surface area contributed by atoms with Gasteiger partial charge in [-0.25, -0.2) is 4.98 Å². The largest absolute Gasteiger partial charge is 0.486 e. The number of carbonyl (C=O) groups is 2. The smallest absolute Gasteiger partial charge is 0.222 e. The molecule has 0 bridgehead atoms. The molecule has 0 spiro atoms. The molecule has 1 fully saturated rings. The summed E-state index contributed by atoms with van der Waals surface area (Å²) in [6.45, 7) is 11.3. The number of aryl methyl sites for hydroxylation is 2. The maximum absolute atomic E-state index is 12.0. The number of nitrogens with zero attached hydrogens (tertiary/aromatic N) is 5. The molecule has 0 aliphatic carbocycles. The number of benzene rings is 1. The summed E-state index contributed by atoms with van der Waals surface area (Å²) in [5.41, 5.74) is 6.64. The zero-order valence-electron chi connectivity index (χ0n) is 32.2. The van der Waals surface area contributed by atoms with Crippen LogP contribution in [0.1, 0.15) is 75.2 Å². The van der Waals surface area contributed by atoms with Crippen LogP contribution >= 0.6 is 23.2 Å². The Morgan fingerprint density at radius 3 is 2.09 bits per heavy atom. The number of para-hydroxylation sites is 1. The SMILES string of the molecule is CC(C)C(=O)NCc1nccc(Cl)c1COC1CCCCO1.Cc1cc(-c2ccnn2C)c2cccc(OCc3c(Cl)ccnc3CNC(=O)C(C)C)c2n1. The molecular formula is C41H49Cl2N7O5. The van der Waals surface area contributed by atoms with Crippen LogP contribution in [-0.4, -0.2) is 49.4 Å². The van der Waals surface area contributed by atoms with Crippen molar-refractivity contribution >= 4 is 45.9 Å². The van der Waals surface area contributed by atoms with Gasteiger partial charge in [-0.3, -0.25) is 24.2 Å². The first-order valence-electron chi connectivity index (χ1n) is 18.5. The molecule has 4 aromatic heterocycles. The number of pyridine rings is 3. The van der Waals surface area contributed by atoms with Crippen LogP contribution in [0.3, 0.4) is 0 Å². The first kappa shape index (κ1) is 41.5. The lowest BCUT2D eigenvalue weighted by Gasteiger charge is -2.23. The van der Waals surface area contributed by atoms with E-state index in [4.69, 9.17) is 42.4 Å². The number of aromatic nitrogens is 5. The third kappa shape index (κ3) is 11.2. The van der Waals surface area contributed by atoms with E-state index >= 15 is 0 Å². The number of nitrogens with one attached hydrogen (secondary N) is 2. The fourth-order valence-corrected chi connectivity index (χ4v) is 6.30. The van der Waals surface area contributed by atoms with E-state index in [2.05, 4.69) is 31.8 Å². The molecule has 55 heavy (non-hydrogen) atoms. The molecule has 1 aliphatic rings. The summed E-state index contributed by atoms with van der Waals surface area (Å²) in [7, 11) is 1.92. The van der Waals surface area contributed by atoms with E-state index in [1.807, 2.05) is 70.6 Å². The van der Waals surface area contributed by atoms with Crippen LogP contribution in [0.15, 0.2) is 61.1 Å². The zero-order valence-corrected chi connectivity index (χ0v) is 33.7. The number of amides is 2. The van der Waals surface area contributed by atoms with E-state index in [0.717, 1.165) is 70.5 Å². The second-order valence-corrected chi connectivity index (χ2v) is 14.7. The van der Waals surface area contributed by atoms with Crippen molar-refractivity contribution in [3.8, 4) is 17.0 Å². The minimum absolute atomic E-state index is 0.00995. The molecule has 0 radical (unpaired) electrons. The second-order valence-electron chi connectivity index (χ2n) is 13.9. The standard InChI is InChI=1S/C25H26ClN5O2.C16H23ClN2O3/c1-15(2)25(32)28-13-21-19(20(26)8-10-27-21)14-33-23-7-5-6-17-18(12-16(3)30-24(17)23)22-9-11-29-31(22)4;1-11(2)16(20)19-9-14-12(13(17)6-7-18-14)10-22-15-5-3-4-8-21-15/h5-12,15H,13-14H2,1-4H3,(H,28,32);6-7,11,15H,3-5,8-10H2,1-2H3,(H,19,20). The van der Waals surface area contributed by atoms with Crippen LogP contribution in [0, 0.1) is 18.8 Å². The van der Waals surface area contributed by atoms with Gasteiger partial charge >= 0.3 is 0 Å². The maximum Gasteiger partial charge on any atom is 0.222 e. The predicted octanol–water partition coefficient (Wildman–Crippen LogP) is 7.89. The molecule has 5 aromatic rings. The van der Waals surface area contributed by atoms with Crippen molar-refractivity contribution in [3.05, 3.63) is 99.3 Å². The topological polar surface area (TPSA) is 142 Å². The van der Waals surface area contributed by atoms with Crippen LogP contribution in [0.5, 0.6) is 5.75 Å². The summed E-state index contributed by atoms with van der Waals surface area (Å²) in [6, 6.07) is 13.4. The zero-order chi connectivity index (χ0) is 39.5. The number of fused-ring (bicyclic) bond motifs is 1. The third-order valence-corrected chi connectivity index (χ3v) is 9.74.